The molecule has 10 heteroatoms. The van der Waals surface area contributed by atoms with Crippen molar-refractivity contribution in [2.45, 2.75) is 13.3 Å². The van der Waals surface area contributed by atoms with Gasteiger partial charge in [-0.15, -0.1) is 24.0 Å². The number of halogens is 1. The van der Waals surface area contributed by atoms with Gasteiger partial charge in [0.15, 0.2) is 17.5 Å². The Morgan fingerprint density at radius 3 is 2.58 bits per heavy atom. The fraction of sp³-hybridized carbons (Fsp3) is 0.381. The van der Waals surface area contributed by atoms with Crippen molar-refractivity contribution in [2.24, 2.45) is 4.99 Å². The molecule has 0 aliphatic carbocycles. The molecule has 0 spiro atoms. The predicted octanol–water partition coefficient (Wildman–Crippen LogP) is 3.09. The van der Waals surface area contributed by atoms with E-state index in [2.05, 4.69) is 15.6 Å². The Kier molecular flexibility index (Phi) is 9.23. The molecule has 170 valence electrons. The van der Waals surface area contributed by atoms with E-state index in [1.54, 1.807) is 26.4 Å². The van der Waals surface area contributed by atoms with Crippen LogP contribution < -0.4 is 24.4 Å². The first-order valence-corrected chi connectivity index (χ1v) is 11.4. The maximum absolute atomic E-state index is 12.8. The zero-order chi connectivity index (χ0) is 21.6. The number of guanidine groups is 1. The van der Waals surface area contributed by atoms with Crippen molar-refractivity contribution in [1.82, 2.24) is 5.32 Å². The Balaban J connectivity index is 0.00000341. The molecule has 31 heavy (non-hydrogen) atoms. The Labute approximate surface area is 201 Å². The highest BCUT2D eigenvalue weighted by Crippen LogP contribution is 2.30. The van der Waals surface area contributed by atoms with Crippen molar-refractivity contribution in [2.75, 3.05) is 49.2 Å². The smallest absolute Gasteiger partial charge is 0.237 e. The normalized spacial score (nSPS) is 13.3. The summed E-state index contributed by atoms with van der Waals surface area (Å²) in [6.45, 7) is 3.22. The summed E-state index contributed by atoms with van der Waals surface area (Å²) in [5.41, 5.74) is 2.59. The lowest BCUT2D eigenvalue weighted by Gasteiger charge is -2.19. The Morgan fingerprint density at radius 1 is 1.13 bits per heavy atom. The molecule has 8 nitrogen and oxygen atoms in total. The number of nitrogens with zero attached hydrogens (tertiary/aromatic N) is 2. The van der Waals surface area contributed by atoms with E-state index in [1.165, 1.54) is 4.31 Å². The topological polar surface area (TPSA) is 92.3 Å². The quantitative estimate of drug-likeness (QED) is 0.293. The van der Waals surface area contributed by atoms with Gasteiger partial charge in [0.2, 0.25) is 10.0 Å². The van der Waals surface area contributed by atoms with Gasteiger partial charge < -0.3 is 20.1 Å². The number of methoxy groups -OCH3 is 2. The van der Waals surface area contributed by atoms with Crippen LogP contribution in [0.1, 0.15) is 12.5 Å². The van der Waals surface area contributed by atoms with E-state index >= 15 is 0 Å². The minimum Gasteiger partial charge on any atom is -0.493 e. The highest BCUT2D eigenvalue weighted by molar-refractivity contribution is 14.0. The summed E-state index contributed by atoms with van der Waals surface area (Å²) in [5.74, 6) is 1.65. The first-order chi connectivity index (χ1) is 14.5. The van der Waals surface area contributed by atoms with E-state index < -0.39 is 10.0 Å². The molecule has 0 saturated heterocycles. The van der Waals surface area contributed by atoms with E-state index in [0.29, 0.717) is 30.5 Å². The van der Waals surface area contributed by atoms with Gasteiger partial charge in [0.05, 0.1) is 32.2 Å². The summed E-state index contributed by atoms with van der Waals surface area (Å²) < 4.78 is 37.7. The van der Waals surface area contributed by atoms with Crippen LogP contribution in [-0.2, 0) is 16.4 Å². The largest absolute Gasteiger partial charge is 0.493 e. The summed E-state index contributed by atoms with van der Waals surface area (Å²) >= 11 is 0. The van der Waals surface area contributed by atoms with Gasteiger partial charge in [0.25, 0.3) is 0 Å². The molecule has 1 heterocycles. The molecular weight excluding hydrogens is 531 g/mol. The molecule has 0 amide bonds. The second-order valence-corrected chi connectivity index (χ2v) is 8.74. The van der Waals surface area contributed by atoms with Crippen LogP contribution in [-0.4, -0.2) is 54.0 Å². The molecular formula is C21H29IN4O4S. The zero-order valence-electron chi connectivity index (χ0n) is 17.9. The SMILES string of the molecule is CCNC(=NCCS(=O)(=O)N1CCc2ccccc21)Nc1ccc(OC)c(OC)c1.I. The Hall–Kier alpha value is -2.21. The second-order valence-electron chi connectivity index (χ2n) is 6.72. The summed E-state index contributed by atoms with van der Waals surface area (Å²) in [4.78, 5) is 4.44. The molecule has 3 rings (SSSR count). The Bertz CT molecular complexity index is 1010. The van der Waals surface area contributed by atoms with Crippen molar-refractivity contribution in [3.63, 3.8) is 0 Å². The maximum atomic E-state index is 12.8. The highest BCUT2D eigenvalue weighted by Gasteiger charge is 2.28. The minimum atomic E-state index is -3.44. The van der Waals surface area contributed by atoms with Crippen molar-refractivity contribution < 1.29 is 17.9 Å². The molecule has 2 N–H and O–H groups in total. The highest BCUT2D eigenvalue weighted by atomic mass is 127. The van der Waals surface area contributed by atoms with Gasteiger partial charge in [-0.1, -0.05) is 18.2 Å². The molecule has 0 radical (unpaired) electrons. The monoisotopic (exact) mass is 560 g/mol. The number of ether oxygens (including phenoxy) is 2. The van der Waals surface area contributed by atoms with Gasteiger partial charge in [-0.3, -0.25) is 9.30 Å². The standard InChI is InChI=1S/C21H28N4O4S.HI/c1-4-22-21(24-17-9-10-19(28-2)20(15-17)29-3)23-12-14-30(26,27)25-13-11-16-7-5-6-8-18(16)25;/h5-10,15H,4,11-14H2,1-3H3,(H2,22,23,24);1H. The lowest BCUT2D eigenvalue weighted by Crippen LogP contribution is -2.34. The lowest BCUT2D eigenvalue weighted by molar-refractivity contribution is 0.355. The predicted molar refractivity (Wildman–Crippen MR) is 136 cm³/mol. The molecule has 0 fully saturated rings. The van der Waals surface area contributed by atoms with Gasteiger partial charge in [-0.2, -0.15) is 0 Å². The molecule has 0 unspecified atom stereocenters. The number of anilines is 2. The summed E-state index contributed by atoms with van der Waals surface area (Å²) in [6, 6.07) is 13.0. The van der Waals surface area contributed by atoms with Crippen molar-refractivity contribution >= 4 is 51.3 Å². The van der Waals surface area contributed by atoms with Crippen molar-refractivity contribution in [3.8, 4) is 11.5 Å². The Morgan fingerprint density at radius 2 is 1.87 bits per heavy atom. The van der Waals surface area contributed by atoms with Crippen LogP contribution in [0.15, 0.2) is 47.5 Å². The van der Waals surface area contributed by atoms with Crippen LogP contribution in [0.5, 0.6) is 11.5 Å². The third-order valence-electron chi connectivity index (χ3n) is 4.79. The molecule has 2 aromatic carbocycles. The van der Waals surface area contributed by atoms with Crippen LogP contribution in [0.25, 0.3) is 0 Å². The number of rotatable bonds is 8. The zero-order valence-corrected chi connectivity index (χ0v) is 21.1. The number of nitrogens with one attached hydrogen (secondary N) is 2. The third-order valence-corrected chi connectivity index (χ3v) is 6.54. The number of para-hydroxylation sites is 1. The first-order valence-electron chi connectivity index (χ1n) is 9.84. The lowest BCUT2D eigenvalue weighted by atomic mass is 10.2. The van der Waals surface area contributed by atoms with E-state index in [0.717, 1.165) is 23.4 Å². The van der Waals surface area contributed by atoms with E-state index in [1.807, 2.05) is 37.3 Å². The first kappa shape index (κ1) is 25.1. The van der Waals surface area contributed by atoms with Gasteiger partial charge in [0, 0.05) is 24.8 Å². The number of benzene rings is 2. The van der Waals surface area contributed by atoms with Gasteiger partial charge in [-0.05, 0) is 37.1 Å². The number of sulfonamides is 1. The van der Waals surface area contributed by atoms with Gasteiger partial charge in [-0.25, -0.2) is 8.42 Å². The average molecular weight is 560 g/mol. The van der Waals surface area contributed by atoms with Crippen LogP contribution in [0.2, 0.25) is 0 Å². The van der Waals surface area contributed by atoms with Crippen LogP contribution in [0.3, 0.4) is 0 Å². The third kappa shape index (κ3) is 6.16. The van der Waals surface area contributed by atoms with Crippen LogP contribution in [0, 0.1) is 0 Å². The number of fused-ring (bicyclic) bond motifs is 1. The minimum absolute atomic E-state index is 0. The van der Waals surface area contributed by atoms with E-state index in [-0.39, 0.29) is 36.3 Å². The van der Waals surface area contributed by atoms with E-state index in [4.69, 9.17) is 9.47 Å². The van der Waals surface area contributed by atoms with Crippen molar-refractivity contribution in [3.05, 3.63) is 48.0 Å². The number of hydrogen-bond acceptors (Lipinski definition) is 5. The second kappa shape index (κ2) is 11.4. The van der Waals surface area contributed by atoms with Gasteiger partial charge >= 0.3 is 0 Å². The van der Waals surface area contributed by atoms with Crippen molar-refractivity contribution in [1.29, 1.82) is 0 Å². The fourth-order valence-corrected chi connectivity index (χ4v) is 4.73. The number of aliphatic imine (C=N–C) groups is 1. The molecule has 1 aliphatic rings. The number of hydrogen-bond donors (Lipinski definition) is 2. The summed E-state index contributed by atoms with van der Waals surface area (Å²) in [7, 11) is -0.292. The van der Waals surface area contributed by atoms with E-state index in [9.17, 15) is 8.42 Å². The van der Waals surface area contributed by atoms with Crippen LogP contribution in [0.4, 0.5) is 11.4 Å². The fourth-order valence-electron chi connectivity index (χ4n) is 3.34. The van der Waals surface area contributed by atoms with Crippen LogP contribution >= 0.6 is 24.0 Å². The maximum Gasteiger partial charge on any atom is 0.237 e. The molecule has 2 aromatic rings. The molecule has 0 bridgehead atoms. The summed E-state index contributed by atoms with van der Waals surface area (Å²) in [5, 5.41) is 6.30. The molecule has 0 atom stereocenters. The summed E-state index contributed by atoms with van der Waals surface area (Å²) in [6.07, 6.45) is 0.738. The average Bonchev–Trinajstić information content (AvgIpc) is 3.19. The molecule has 1 aliphatic heterocycles. The molecule has 0 aromatic heterocycles. The molecule has 0 saturated carbocycles. The van der Waals surface area contributed by atoms with Gasteiger partial charge in [0.1, 0.15) is 0 Å².